The number of likely N-dealkylation sites (tertiary alicyclic amines) is 1. The number of rotatable bonds is 2. The lowest BCUT2D eigenvalue weighted by atomic mass is 9.92. The van der Waals surface area contributed by atoms with Crippen LogP contribution < -0.4 is 0 Å². The number of aromatic nitrogens is 1. The molecule has 1 saturated heterocycles. The molecule has 1 amide bonds. The highest BCUT2D eigenvalue weighted by Gasteiger charge is 2.33. The van der Waals surface area contributed by atoms with Crippen LogP contribution >= 0.6 is 0 Å². The lowest BCUT2D eigenvalue weighted by Crippen LogP contribution is -2.47. The Kier molecular flexibility index (Phi) is 3.83. The van der Waals surface area contributed by atoms with Crippen LogP contribution in [-0.2, 0) is 4.79 Å². The first-order chi connectivity index (χ1) is 9.00. The number of hydrogen-bond acceptors (Lipinski definition) is 3. The van der Waals surface area contributed by atoms with E-state index in [-0.39, 0.29) is 18.5 Å². The molecule has 0 saturated carbocycles. The average molecular weight is 262 g/mol. The van der Waals surface area contributed by atoms with Crippen LogP contribution in [0.5, 0.6) is 0 Å². The number of aryl methyl sites for hydroxylation is 1. The van der Waals surface area contributed by atoms with Gasteiger partial charge in [0.1, 0.15) is 0 Å². The van der Waals surface area contributed by atoms with Crippen molar-refractivity contribution in [3.05, 3.63) is 29.6 Å². The number of carboxylic acid groups (broad SMARTS) is 1. The molecule has 2 rings (SSSR count). The van der Waals surface area contributed by atoms with Crippen molar-refractivity contribution in [2.75, 3.05) is 6.54 Å². The Hall–Kier alpha value is -1.91. The second-order valence-electron chi connectivity index (χ2n) is 5.11. The van der Waals surface area contributed by atoms with Crippen molar-refractivity contribution in [2.24, 2.45) is 5.92 Å². The van der Waals surface area contributed by atoms with Gasteiger partial charge in [-0.05, 0) is 38.3 Å². The molecule has 2 heterocycles. The van der Waals surface area contributed by atoms with Gasteiger partial charge in [0.25, 0.3) is 5.91 Å². The molecular weight excluding hydrogens is 244 g/mol. The first-order valence-corrected chi connectivity index (χ1v) is 6.45. The number of carbonyl (C=O) groups excluding carboxylic acids is 1. The number of carbonyl (C=O) groups is 2. The molecule has 1 aliphatic rings. The highest BCUT2D eigenvalue weighted by atomic mass is 16.4. The highest BCUT2D eigenvalue weighted by molar-refractivity contribution is 5.95. The molecule has 1 aromatic rings. The van der Waals surface area contributed by atoms with Gasteiger partial charge in [-0.25, -0.2) is 0 Å². The van der Waals surface area contributed by atoms with E-state index in [1.54, 1.807) is 23.4 Å². The zero-order valence-electron chi connectivity index (χ0n) is 11.2. The molecule has 1 aliphatic heterocycles. The van der Waals surface area contributed by atoms with E-state index in [0.29, 0.717) is 12.0 Å². The number of aliphatic carboxylic acids is 1. The van der Waals surface area contributed by atoms with Crippen LogP contribution in [0.15, 0.2) is 18.5 Å². The highest BCUT2D eigenvalue weighted by Crippen LogP contribution is 2.24. The van der Waals surface area contributed by atoms with Gasteiger partial charge in [0, 0.05) is 25.0 Å². The fourth-order valence-electron chi connectivity index (χ4n) is 2.43. The molecule has 1 fully saturated rings. The summed E-state index contributed by atoms with van der Waals surface area (Å²) < 4.78 is 0. The zero-order chi connectivity index (χ0) is 14.0. The van der Waals surface area contributed by atoms with Crippen molar-refractivity contribution in [1.82, 2.24) is 9.88 Å². The Morgan fingerprint density at radius 1 is 1.42 bits per heavy atom. The van der Waals surface area contributed by atoms with E-state index >= 15 is 0 Å². The summed E-state index contributed by atoms with van der Waals surface area (Å²) in [4.78, 5) is 29.2. The molecule has 2 unspecified atom stereocenters. The minimum absolute atomic E-state index is 0.0720. The normalized spacial score (nSPS) is 23.2. The van der Waals surface area contributed by atoms with Crippen LogP contribution in [0.3, 0.4) is 0 Å². The summed E-state index contributed by atoms with van der Waals surface area (Å²) in [5.74, 6) is -1.41. The van der Waals surface area contributed by atoms with Crippen LogP contribution in [0.1, 0.15) is 35.7 Å². The Labute approximate surface area is 112 Å². The number of piperidine rings is 1. The fourth-order valence-corrected chi connectivity index (χ4v) is 2.43. The number of nitrogens with zero attached hydrogens (tertiary/aromatic N) is 2. The molecule has 0 spiro atoms. The van der Waals surface area contributed by atoms with Gasteiger partial charge in [-0.2, -0.15) is 0 Å². The van der Waals surface area contributed by atoms with Crippen molar-refractivity contribution < 1.29 is 14.7 Å². The molecule has 5 heteroatoms. The summed E-state index contributed by atoms with van der Waals surface area (Å²) in [6.07, 6.45) is 4.55. The predicted octanol–water partition coefficient (Wildman–Crippen LogP) is 1.72. The van der Waals surface area contributed by atoms with Gasteiger partial charge in [0.15, 0.2) is 0 Å². The van der Waals surface area contributed by atoms with Crippen molar-refractivity contribution in [1.29, 1.82) is 0 Å². The Balaban J connectivity index is 2.22. The molecule has 0 bridgehead atoms. The first-order valence-electron chi connectivity index (χ1n) is 6.45. The third kappa shape index (κ3) is 2.75. The van der Waals surface area contributed by atoms with E-state index in [1.807, 2.05) is 13.8 Å². The summed E-state index contributed by atoms with van der Waals surface area (Å²) >= 11 is 0. The lowest BCUT2D eigenvalue weighted by molar-refractivity contribution is -0.143. The van der Waals surface area contributed by atoms with Crippen LogP contribution in [0.25, 0.3) is 0 Å². The standard InChI is InChI=1S/C14H18N2O3/c1-9-5-6-15-7-12(9)13(17)16-8-11(14(18)19)4-3-10(16)2/h5-7,10-11H,3-4,8H2,1-2H3,(H,18,19). The number of carboxylic acids is 1. The van der Waals surface area contributed by atoms with Crippen molar-refractivity contribution >= 4 is 11.9 Å². The molecule has 0 radical (unpaired) electrons. The van der Waals surface area contributed by atoms with Crippen LogP contribution in [0, 0.1) is 12.8 Å². The number of hydrogen-bond donors (Lipinski definition) is 1. The smallest absolute Gasteiger partial charge is 0.308 e. The second kappa shape index (κ2) is 5.38. The maximum absolute atomic E-state index is 12.5. The lowest BCUT2D eigenvalue weighted by Gasteiger charge is -2.36. The summed E-state index contributed by atoms with van der Waals surface area (Å²) in [5.41, 5.74) is 1.42. The minimum atomic E-state index is -0.826. The van der Waals surface area contributed by atoms with Crippen LogP contribution in [0.2, 0.25) is 0 Å². The number of amides is 1. The topological polar surface area (TPSA) is 70.5 Å². The van der Waals surface area contributed by atoms with E-state index in [9.17, 15) is 9.59 Å². The van der Waals surface area contributed by atoms with Crippen molar-refractivity contribution in [3.63, 3.8) is 0 Å². The maximum atomic E-state index is 12.5. The van der Waals surface area contributed by atoms with Crippen LogP contribution in [-0.4, -0.2) is 39.5 Å². The molecule has 1 N–H and O–H groups in total. The van der Waals surface area contributed by atoms with E-state index < -0.39 is 11.9 Å². The first kappa shape index (κ1) is 13.5. The van der Waals surface area contributed by atoms with E-state index in [2.05, 4.69) is 4.98 Å². The Bertz CT molecular complexity index is 501. The molecule has 102 valence electrons. The second-order valence-corrected chi connectivity index (χ2v) is 5.11. The van der Waals surface area contributed by atoms with Crippen molar-refractivity contribution in [2.45, 2.75) is 32.7 Å². The molecule has 2 atom stereocenters. The summed E-state index contributed by atoms with van der Waals surface area (Å²) in [6.45, 7) is 4.10. The van der Waals surface area contributed by atoms with E-state index in [4.69, 9.17) is 5.11 Å². The van der Waals surface area contributed by atoms with Gasteiger partial charge in [-0.3, -0.25) is 14.6 Å². The summed E-state index contributed by atoms with van der Waals surface area (Å²) in [7, 11) is 0. The fraction of sp³-hybridized carbons (Fsp3) is 0.500. The Morgan fingerprint density at radius 3 is 2.79 bits per heavy atom. The van der Waals surface area contributed by atoms with Gasteiger partial charge in [-0.15, -0.1) is 0 Å². The largest absolute Gasteiger partial charge is 0.481 e. The van der Waals surface area contributed by atoms with E-state index in [1.165, 1.54) is 0 Å². The van der Waals surface area contributed by atoms with Crippen molar-refractivity contribution in [3.8, 4) is 0 Å². The summed E-state index contributed by atoms with van der Waals surface area (Å²) in [5, 5.41) is 9.10. The molecule has 0 aromatic carbocycles. The van der Waals surface area contributed by atoms with Gasteiger partial charge < -0.3 is 10.0 Å². The minimum Gasteiger partial charge on any atom is -0.481 e. The quantitative estimate of drug-likeness (QED) is 0.881. The molecule has 0 aliphatic carbocycles. The van der Waals surface area contributed by atoms with Gasteiger partial charge >= 0.3 is 5.97 Å². The molecular formula is C14H18N2O3. The number of pyridine rings is 1. The van der Waals surface area contributed by atoms with E-state index in [0.717, 1.165) is 12.0 Å². The summed E-state index contributed by atoms with van der Waals surface area (Å²) in [6, 6.07) is 1.86. The van der Waals surface area contributed by atoms with Gasteiger partial charge in [0.2, 0.25) is 0 Å². The van der Waals surface area contributed by atoms with Gasteiger partial charge in [-0.1, -0.05) is 0 Å². The SMILES string of the molecule is Cc1ccncc1C(=O)N1CC(C(=O)O)CCC1C. The maximum Gasteiger partial charge on any atom is 0.308 e. The molecule has 19 heavy (non-hydrogen) atoms. The molecule has 5 nitrogen and oxygen atoms in total. The van der Waals surface area contributed by atoms with Gasteiger partial charge in [0.05, 0.1) is 11.5 Å². The third-order valence-corrected chi connectivity index (χ3v) is 3.76. The monoisotopic (exact) mass is 262 g/mol. The van der Waals surface area contributed by atoms with Crippen LogP contribution in [0.4, 0.5) is 0 Å². The zero-order valence-corrected chi connectivity index (χ0v) is 11.2. The average Bonchev–Trinajstić information content (AvgIpc) is 2.38. The molecule has 1 aromatic heterocycles. The third-order valence-electron chi connectivity index (χ3n) is 3.76. The predicted molar refractivity (Wildman–Crippen MR) is 69.8 cm³/mol. The Morgan fingerprint density at radius 2 is 2.16 bits per heavy atom.